The summed E-state index contributed by atoms with van der Waals surface area (Å²) in [6.07, 6.45) is 3.55. The van der Waals surface area contributed by atoms with Gasteiger partial charge in [0.25, 0.3) is 6.43 Å². The number of rotatable bonds is 5. The first-order chi connectivity index (χ1) is 15.4. The van der Waals surface area contributed by atoms with Crippen molar-refractivity contribution in [1.29, 1.82) is 0 Å². The van der Waals surface area contributed by atoms with E-state index in [1.807, 2.05) is 6.07 Å². The molecule has 1 aromatic heterocycles. The van der Waals surface area contributed by atoms with Crippen LogP contribution in [0.1, 0.15) is 62.4 Å². The van der Waals surface area contributed by atoms with Crippen molar-refractivity contribution in [3.05, 3.63) is 53.3 Å². The molecule has 0 radical (unpaired) electrons. The third-order valence-corrected chi connectivity index (χ3v) is 8.03. The van der Waals surface area contributed by atoms with Crippen LogP contribution in [0.5, 0.6) is 0 Å². The van der Waals surface area contributed by atoms with E-state index in [1.54, 1.807) is 6.92 Å². The molecule has 3 aliphatic rings. The predicted octanol–water partition coefficient (Wildman–Crippen LogP) is 4.26. The molecule has 5 nitrogen and oxygen atoms in total. The van der Waals surface area contributed by atoms with Crippen LogP contribution in [-0.4, -0.2) is 44.8 Å². The lowest BCUT2D eigenvalue weighted by Gasteiger charge is -2.43. The standard InChI is InChI=1S/C25H32F2N4O/c1-16-12-19(24(26)27)30(29-16)15-23(32)31-20-14-25(2)21(10-6-7-11-22(25)31)28-18(20)13-17-8-4-3-5-9-17/h3-5,8-9,12,18,20-22,24,28H,6-7,10-11,13-15H2,1-2H3/t18-,20-,21+,22-,25+/m0/s1. The monoisotopic (exact) mass is 442 g/mol. The topological polar surface area (TPSA) is 50.2 Å². The van der Waals surface area contributed by atoms with Crippen LogP contribution in [0.15, 0.2) is 36.4 Å². The van der Waals surface area contributed by atoms with Gasteiger partial charge in [0.2, 0.25) is 5.91 Å². The fraction of sp³-hybridized carbons (Fsp3) is 0.600. The number of likely N-dealkylation sites (tertiary alicyclic amines) is 1. The van der Waals surface area contributed by atoms with Gasteiger partial charge in [-0.05, 0) is 44.2 Å². The number of carbonyl (C=O) groups excluding carboxylic acids is 1. The third kappa shape index (κ3) is 3.64. The first kappa shape index (κ1) is 21.6. The van der Waals surface area contributed by atoms with Crippen LogP contribution >= 0.6 is 0 Å². The molecular weight excluding hydrogens is 410 g/mol. The van der Waals surface area contributed by atoms with Crippen molar-refractivity contribution in [1.82, 2.24) is 20.0 Å². The highest BCUT2D eigenvalue weighted by atomic mass is 19.3. The van der Waals surface area contributed by atoms with Crippen LogP contribution in [-0.2, 0) is 17.8 Å². The Hall–Kier alpha value is -2.28. The summed E-state index contributed by atoms with van der Waals surface area (Å²) < 4.78 is 28.2. The molecule has 1 amide bonds. The Bertz CT molecular complexity index is 978. The molecule has 2 bridgehead atoms. The number of benzene rings is 1. The van der Waals surface area contributed by atoms with E-state index in [0.29, 0.717) is 11.7 Å². The Balaban J connectivity index is 1.46. The van der Waals surface area contributed by atoms with Gasteiger partial charge < -0.3 is 10.2 Å². The zero-order valence-electron chi connectivity index (χ0n) is 18.8. The highest BCUT2D eigenvalue weighted by Crippen LogP contribution is 2.52. The van der Waals surface area contributed by atoms with Crippen molar-refractivity contribution in [2.75, 3.05) is 0 Å². The van der Waals surface area contributed by atoms with Crippen molar-refractivity contribution in [3.8, 4) is 0 Å². The summed E-state index contributed by atoms with van der Waals surface area (Å²) in [4.78, 5) is 15.8. The summed E-state index contributed by atoms with van der Waals surface area (Å²) in [5.74, 6) is -0.0869. The Morgan fingerprint density at radius 1 is 1.25 bits per heavy atom. The maximum Gasteiger partial charge on any atom is 0.280 e. The first-order valence-corrected chi connectivity index (χ1v) is 11.8. The Labute approximate surface area is 188 Å². The van der Waals surface area contributed by atoms with Gasteiger partial charge >= 0.3 is 0 Å². The fourth-order valence-corrected chi connectivity index (χ4v) is 6.57. The van der Waals surface area contributed by atoms with Crippen molar-refractivity contribution in [2.24, 2.45) is 5.41 Å². The molecule has 32 heavy (non-hydrogen) atoms. The van der Waals surface area contributed by atoms with Crippen LogP contribution in [0.3, 0.4) is 0 Å². The average Bonchev–Trinajstić information content (AvgIpc) is 3.19. The molecule has 2 aromatic rings. The molecule has 0 spiro atoms. The van der Waals surface area contributed by atoms with Crippen LogP contribution in [0.2, 0.25) is 0 Å². The molecule has 2 aliphatic heterocycles. The maximum atomic E-state index is 13.7. The van der Waals surface area contributed by atoms with Crippen molar-refractivity contribution in [2.45, 2.75) is 89.5 Å². The van der Waals surface area contributed by atoms with E-state index in [9.17, 15) is 13.6 Å². The summed E-state index contributed by atoms with van der Waals surface area (Å²) in [6.45, 7) is 3.88. The maximum absolute atomic E-state index is 13.7. The summed E-state index contributed by atoms with van der Waals surface area (Å²) in [5, 5.41) is 8.13. The Kier molecular flexibility index (Phi) is 5.56. The highest BCUT2D eigenvalue weighted by Gasteiger charge is 2.60. The number of aryl methyl sites for hydroxylation is 1. The second-order valence-corrected chi connectivity index (χ2v) is 10.1. The third-order valence-electron chi connectivity index (χ3n) is 8.03. The summed E-state index contributed by atoms with van der Waals surface area (Å²) in [7, 11) is 0. The van der Waals surface area contributed by atoms with E-state index < -0.39 is 6.43 Å². The molecular formula is C25H32F2N4O. The van der Waals surface area contributed by atoms with Crippen LogP contribution < -0.4 is 5.32 Å². The second kappa shape index (κ2) is 8.25. The number of piperidine rings is 1. The number of halogens is 2. The van der Waals surface area contributed by atoms with E-state index in [-0.39, 0.29) is 41.7 Å². The molecule has 1 aliphatic carbocycles. The number of aromatic nitrogens is 2. The largest absolute Gasteiger partial charge is 0.333 e. The van der Waals surface area contributed by atoms with E-state index in [1.165, 1.54) is 16.3 Å². The van der Waals surface area contributed by atoms with Crippen LogP contribution in [0.25, 0.3) is 0 Å². The number of fused-ring (bicyclic) bond motifs is 1. The summed E-state index contributed by atoms with van der Waals surface area (Å²) in [5.41, 5.74) is 1.61. The van der Waals surface area contributed by atoms with Gasteiger partial charge in [-0.1, -0.05) is 50.1 Å². The second-order valence-electron chi connectivity index (χ2n) is 10.1. The van der Waals surface area contributed by atoms with Gasteiger partial charge in [-0.3, -0.25) is 9.48 Å². The number of hydrogen-bond acceptors (Lipinski definition) is 3. The number of hydrogen-bond donors (Lipinski definition) is 1. The first-order valence-electron chi connectivity index (χ1n) is 11.8. The lowest BCUT2D eigenvalue weighted by molar-refractivity contribution is -0.136. The minimum absolute atomic E-state index is 0.0234. The molecule has 0 unspecified atom stereocenters. The molecule has 1 saturated carbocycles. The molecule has 5 atom stereocenters. The molecule has 7 heteroatoms. The quantitative estimate of drug-likeness (QED) is 0.753. The Morgan fingerprint density at radius 2 is 2.00 bits per heavy atom. The zero-order valence-corrected chi connectivity index (χ0v) is 18.8. The van der Waals surface area contributed by atoms with E-state index in [2.05, 4.69) is 46.5 Å². The number of alkyl halides is 2. The molecule has 172 valence electrons. The number of nitrogens with zero attached hydrogens (tertiary/aromatic N) is 3. The molecule has 5 rings (SSSR count). The average molecular weight is 443 g/mol. The summed E-state index contributed by atoms with van der Waals surface area (Å²) >= 11 is 0. The highest BCUT2D eigenvalue weighted by molar-refractivity contribution is 5.77. The van der Waals surface area contributed by atoms with Crippen molar-refractivity contribution < 1.29 is 13.6 Å². The fourth-order valence-electron chi connectivity index (χ4n) is 6.57. The van der Waals surface area contributed by atoms with Gasteiger partial charge in [0.1, 0.15) is 12.2 Å². The van der Waals surface area contributed by atoms with Crippen LogP contribution in [0.4, 0.5) is 8.78 Å². The SMILES string of the molecule is Cc1cc(C(F)F)n(CC(=O)N2[C@H]3CCCC[C@H]4N[C@@H](Cc5ccccc5)[C@@H]2C[C@@]34C)n1. The summed E-state index contributed by atoms with van der Waals surface area (Å²) in [6, 6.07) is 12.5. The molecule has 1 aromatic carbocycles. The van der Waals surface area contributed by atoms with Gasteiger partial charge in [-0.2, -0.15) is 5.10 Å². The molecule has 1 N–H and O–H groups in total. The predicted molar refractivity (Wildman–Crippen MR) is 118 cm³/mol. The van der Waals surface area contributed by atoms with Gasteiger partial charge in [-0.25, -0.2) is 8.78 Å². The lowest BCUT2D eigenvalue weighted by atomic mass is 9.70. The van der Waals surface area contributed by atoms with Crippen molar-refractivity contribution >= 4 is 5.91 Å². The number of nitrogens with one attached hydrogen (secondary N) is 1. The smallest absolute Gasteiger partial charge is 0.280 e. The van der Waals surface area contributed by atoms with E-state index in [0.717, 1.165) is 38.5 Å². The van der Waals surface area contributed by atoms with E-state index in [4.69, 9.17) is 0 Å². The number of carbonyl (C=O) groups is 1. The molecule has 3 heterocycles. The number of amides is 1. The zero-order chi connectivity index (χ0) is 22.5. The molecule has 3 fully saturated rings. The van der Waals surface area contributed by atoms with E-state index >= 15 is 0 Å². The van der Waals surface area contributed by atoms with Crippen LogP contribution in [0, 0.1) is 12.3 Å². The minimum Gasteiger partial charge on any atom is -0.333 e. The van der Waals surface area contributed by atoms with Crippen molar-refractivity contribution in [3.63, 3.8) is 0 Å². The Morgan fingerprint density at radius 3 is 2.75 bits per heavy atom. The lowest BCUT2D eigenvalue weighted by Crippen LogP contribution is -2.57. The molecule has 2 saturated heterocycles. The van der Waals surface area contributed by atoms with Gasteiger partial charge in [0, 0.05) is 29.6 Å². The van der Waals surface area contributed by atoms with Gasteiger partial charge in [0.05, 0.1) is 5.69 Å². The normalized spacial score (nSPS) is 31.7. The van der Waals surface area contributed by atoms with Gasteiger partial charge in [-0.15, -0.1) is 0 Å². The minimum atomic E-state index is -2.64. The van der Waals surface area contributed by atoms with Gasteiger partial charge in [0.15, 0.2) is 0 Å².